The third-order valence-corrected chi connectivity index (χ3v) is 2.97. The summed E-state index contributed by atoms with van der Waals surface area (Å²) in [5, 5.41) is 12.2. The first-order chi connectivity index (χ1) is 8.24. The van der Waals surface area contributed by atoms with Gasteiger partial charge in [-0.15, -0.1) is 0 Å². The highest BCUT2D eigenvalue weighted by molar-refractivity contribution is 5.86. The topological polar surface area (TPSA) is 63.3 Å². The molecule has 1 heterocycles. The summed E-state index contributed by atoms with van der Waals surface area (Å²) in [6, 6.07) is 9.46. The van der Waals surface area contributed by atoms with Crippen molar-refractivity contribution in [2.45, 2.75) is 18.8 Å². The lowest BCUT2D eigenvalue weighted by Gasteiger charge is -1.99. The Balaban J connectivity index is 1.88. The molecule has 0 radical (unpaired) electrons. The molecule has 1 aromatic carbocycles. The van der Waals surface area contributed by atoms with Gasteiger partial charge < -0.3 is 9.63 Å². The largest absolute Gasteiger partial charge is 0.476 e. The lowest BCUT2D eigenvalue weighted by atomic mass is 10.1. The predicted octanol–water partition coefficient (Wildman–Crippen LogP) is 2.92. The van der Waals surface area contributed by atoms with Crippen LogP contribution in [0.15, 0.2) is 34.9 Å². The van der Waals surface area contributed by atoms with Crippen LogP contribution in [0.1, 0.15) is 34.8 Å². The molecular formula is C13H11NO3. The summed E-state index contributed by atoms with van der Waals surface area (Å²) >= 11 is 0. The van der Waals surface area contributed by atoms with E-state index < -0.39 is 5.97 Å². The van der Waals surface area contributed by atoms with Gasteiger partial charge in [-0.3, -0.25) is 0 Å². The van der Waals surface area contributed by atoms with Crippen molar-refractivity contribution in [2.24, 2.45) is 0 Å². The molecule has 0 spiro atoms. The highest BCUT2D eigenvalue weighted by atomic mass is 16.5. The molecule has 4 heteroatoms. The molecule has 1 N–H and O–H groups in total. The van der Waals surface area contributed by atoms with E-state index >= 15 is 0 Å². The monoisotopic (exact) mass is 229 g/mol. The summed E-state index contributed by atoms with van der Waals surface area (Å²) in [6.45, 7) is 0. The van der Waals surface area contributed by atoms with E-state index in [4.69, 9.17) is 9.63 Å². The average Bonchev–Trinajstić information content (AvgIpc) is 3.06. The second kappa shape index (κ2) is 3.73. The van der Waals surface area contributed by atoms with Gasteiger partial charge in [0.15, 0.2) is 11.5 Å². The van der Waals surface area contributed by atoms with E-state index in [0.29, 0.717) is 11.7 Å². The van der Waals surface area contributed by atoms with Crippen molar-refractivity contribution in [1.29, 1.82) is 0 Å². The maximum absolute atomic E-state index is 10.7. The second-order valence-corrected chi connectivity index (χ2v) is 4.28. The highest BCUT2D eigenvalue weighted by Crippen LogP contribution is 2.40. The van der Waals surface area contributed by atoms with Crippen molar-refractivity contribution < 1.29 is 14.4 Å². The van der Waals surface area contributed by atoms with E-state index in [1.807, 2.05) is 12.1 Å². The van der Waals surface area contributed by atoms with Crippen LogP contribution in [0.25, 0.3) is 11.3 Å². The Morgan fingerprint density at radius 3 is 2.53 bits per heavy atom. The summed E-state index contributed by atoms with van der Waals surface area (Å²) in [4.78, 5) is 10.7. The molecule has 1 aliphatic carbocycles. The van der Waals surface area contributed by atoms with Crippen molar-refractivity contribution in [3.63, 3.8) is 0 Å². The first-order valence-corrected chi connectivity index (χ1v) is 5.54. The molecule has 2 aromatic rings. The molecule has 0 unspecified atom stereocenters. The zero-order valence-corrected chi connectivity index (χ0v) is 9.09. The molecule has 1 saturated carbocycles. The summed E-state index contributed by atoms with van der Waals surface area (Å²) in [5.41, 5.74) is 2.13. The number of benzene rings is 1. The minimum absolute atomic E-state index is 0.0636. The first kappa shape index (κ1) is 10.1. The van der Waals surface area contributed by atoms with E-state index in [1.165, 1.54) is 24.5 Å². The molecule has 0 amide bonds. The van der Waals surface area contributed by atoms with Gasteiger partial charge in [0.25, 0.3) is 0 Å². The van der Waals surface area contributed by atoms with Gasteiger partial charge in [0.2, 0.25) is 0 Å². The molecule has 1 fully saturated rings. The molecule has 86 valence electrons. The Morgan fingerprint density at radius 1 is 1.29 bits per heavy atom. The first-order valence-electron chi connectivity index (χ1n) is 5.54. The number of hydrogen-bond acceptors (Lipinski definition) is 3. The van der Waals surface area contributed by atoms with Crippen molar-refractivity contribution in [3.05, 3.63) is 41.6 Å². The molecular weight excluding hydrogens is 218 g/mol. The maximum Gasteiger partial charge on any atom is 0.358 e. The summed E-state index contributed by atoms with van der Waals surface area (Å²) < 4.78 is 5.00. The smallest absolute Gasteiger partial charge is 0.358 e. The third-order valence-electron chi connectivity index (χ3n) is 2.97. The van der Waals surface area contributed by atoms with Gasteiger partial charge in [0.1, 0.15) is 0 Å². The fourth-order valence-corrected chi connectivity index (χ4v) is 1.85. The van der Waals surface area contributed by atoms with Crippen LogP contribution in [-0.4, -0.2) is 16.2 Å². The number of aromatic carboxylic acids is 1. The number of hydrogen-bond donors (Lipinski definition) is 1. The van der Waals surface area contributed by atoms with Gasteiger partial charge in [-0.25, -0.2) is 4.79 Å². The van der Waals surface area contributed by atoms with Crippen LogP contribution in [0.4, 0.5) is 0 Å². The van der Waals surface area contributed by atoms with Gasteiger partial charge in [-0.1, -0.05) is 29.4 Å². The van der Waals surface area contributed by atoms with E-state index in [2.05, 4.69) is 17.3 Å². The minimum Gasteiger partial charge on any atom is -0.476 e. The highest BCUT2D eigenvalue weighted by Gasteiger charge is 2.23. The summed E-state index contributed by atoms with van der Waals surface area (Å²) in [6.07, 6.45) is 2.54. The SMILES string of the molecule is O=C(O)c1cc(-c2ccc(C3CC3)cc2)on1. The Hall–Kier alpha value is -2.10. The van der Waals surface area contributed by atoms with Gasteiger partial charge in [-0.05, 0) is 24.3 Å². The Kier molecular flexibility index (Phi) is 2.21. The lowest BCUT2D eigenvalue weighted by Crippen LogP contribution is -1.94. The second-order valence-electron chi connectivity index (χ2n) is 4.28. The van der Waals surface area contributed by atoms with E-state index in [9.17, 15) is 4.79 Å². The fourth-order valence-electron chi connectivity index (χ4n) is 1.85. The van der Waals surface area contributed by atoms with Crippen molar-refractivity contribution >= 4 is 5.97 Å². The Morgan fingerprint density at radius 2 is 2.00 bits per heavy atom. The maximum atomic E-state index is 10.7. The van der Waals surface area contributed by atoms with Crippen LogP contribution in [0.3, 0.4) is 0 Å². The predicted molar refractivity (Wildman–Crippen MR) is 60.9 cm³/mol. The van der Waals surface area contributed by atoms with Gasteiger partial charge in [0, 0.05) is 11.6 Å². The molecule has 4 nitrogen and oxygen atoms in total. The van der Waals surface area contributed by atoms with E-state index in [0.717, 1.165) is 5.56 Å². The number of carboxylic acid groups (broad SMARTS) is 1. The molecule has 3 rings (SSSR count). The summed E-state index contributed by atoms with van der Waals surface area (Å²) in [5.74, 6) is 0.132. The molecule has 17 heavy (non-hydrogen) atoms. The van der Waals surface area contributed by atoms with Crippen molar-refractivity contribution in [2.75, 3.05) is 0 Å². The molecule has 0 saturated heterocycles. The average molecular weight is 229 g/mol. The van der Waals surface area contributed by atoms with Crippen LogP contribution < -0.4 is 0 Å². The van der Waals surface area contributed by atoms with Crippen molar-refractivity contribution in [3.8, 4) is 11.3 Å². The van der Waals surface area contributed by atoms with E-state index in [-0.39, 0.29) is 5.69 Å². The fraction of sp³-hybridized carbons (Fsp3) is 0.231. The van der Waals surface area contributed by atoms with Crippen LogP contribution in [0.2, 0.25) is 0 Å². The number of aromatic nitrogens is 1. The van der Waals surface area contributed by atoms with Crippen LogP contribution in [0, 0.1) is 0 Å². The lowest BCUT2D eigenvalue weighted by molar-refractivity contribution is 0.0686. The Bertz CT molecular complexity index is 552. The number of nitrogens with zero attached hydrogens (tertiary/aromatic N) is 1. The van der Waals surface area contributed by atoms with Gasteiger partial charge in [-0.2, -0.15) is 0 Å². The Labute approximate surface area is 97.9 Å². The molecule has 0 aliphatic heterocycles. The zero-order valence-electron chi connectivity index (χ0n) is 9.09. The minimum atomic E-state index is -1.07. The molecule has 0 bridgehead atoms. The van der Waals surface area contributed by atoms with Crippen LogP contribution >= 0.6 is 0 Å². The normalized spacial score (nSPS) is 14.8. The van der Waals surface area contributed by atoms with Gasteiger partial charge in [0.05, 0.1) is 0 Å². The molecule has 0 atom stereocenters. The quantitative estimate of drug-likeness (QED) is 0.878. The summed E-state index contributed by atoms with van der Waals surface area (Å²) in [7, 11) is 0. The van der Waals surface area contributed by atoms with Crippen LogP contribution in [-0.2, 0) is 0 Å². The number of carboxylic acids is 1. The zero-order chi connectivity index (χ0) is 11.8. The van der Waals surface area contributed by atoms with E-state index in [1.54, 1.807) is 0 Å². The molecule has 1 aliphatic rings. The standard InChI is InChI=1S/C13H11NO3/c15-13(16)11-7-12(17-14-11)10-5-3-9(4-6-10)8-1-2-8/h3-8H,1-2H2,(H,15,16). The number of carbonyl (C=O) groups is 1. The third kappa shape index (κ3) is 1.93. The van der Waals surface area contributed by atoms with Crippen molar-refractivity contribution in [1.82, 2.24) is 5.16 Å². The van der Waals surface area contributed by atoms with Crippen LogP contribution in [0.5, 0.6) is 0 Å². The molecule has 1 aromatic heterocycles. The number of rotatable bonds is 3. The van der Waals surface area contributed by atoms with Gasteiger partial charge >= 0.3 is 5.97 Å².